The number of carbonyl (C=O) groups excluding carboxylic acids is 1. The minimum absolute atomic E-state index is 0.112. The predicted molar refractivity (Wildman–Crippen MR) is 66.7 cm³/mol. The van der Waals surface area contributed by atoms with Crippen LogP contribution in [0.15, 0.2) is 42.9 Å². The summed E-state index contributed by atoms with van der Waals surface area (Å²) < 4.78 is 0. The lowest BCUT2D eigenvalue weighted by atomic mass is 10.3. The number of para-hydroxylation sites is 1. The fraction of sp³-hybridized carbons (Fsp3) is 0.154. The van der Waals surface area contributed by atoms with Crippen LogP contribution >= 0.6 is 0 Å². The third-order valence-corrected chi connectivity index (χ3v) is 2.90. The summed E-state index contributed by atoms with van der Waals surface area (Å²) >= 11 is 0. The molecule has 3 rings (SSSR count). The summed E-state index contributed by atoms with van der Waals surface area (Å²) in [6, 6.07) is 9.30. The zero-order chi connectivity index (χ0) is 12.4. The Kier molecular flexibility index (Phi) is 2.64. The number of benzene rings is 1. The molecule has 0 atom stereocenters. The molecule has 90 valence electrons. The van der Waals surface area contributed by atoms with E-state index in [2.05, 4.69) is 15.3 Å². The molecule has 0 saturated heterocycles. The smallest absolute Gasteiger partial charge is 0.314 e. The maximum Gasteiger partial charge on any atom is 0.322 e. The quantitative estimate of drug-likeness (QED) is 0.829. The van der Waals surface area contributed by atoms with Crippen molar-refractivity contribution in [2.45, 2.75) is 13.1 Å². The molecule has 0 unspecified atom stereocenters. The molecule has 5 heteroatoms. The van der Waals surface area contributed by atoms with Crippen molar-refractivity contribution in [2.75, 3.05) is 5.32 Å². The van der Waals surface area contributed by atoms with Gasteiger partial charge in [0.05, 0.1) is 18.8 Å². The molecule has 0 saturated carbocycles. The molecule has 0 spiro atoms. The molecule has 1 aliphatic rings. The SMILES string of the molecule is O=C(Nc1ccccc1)N1Cc2cncnc2C1. The Morgan fingerprint density at radius 2 is 2.06 bits per heavy atom. The maximum atomic E-state index is 12.0. The monoisotopic (exact) mass is 240 g/mol. The minimum Gasteiger partial charge on any atom is -0.314 e. The lowest BCUT2D eigenvalue weighted by molar-refractivity contribution is 0.212. The highest BCUT2D eigenvalue weighted by atomic mass is 16.2. The van der Waals surface area contributed by atoms with Crippen molar-refractivity contribution in [1.82, 2.24) is 14.9 Å². The zero-order valence-corrected chi connectivity index (χ0v) is 9.71. The zero-order valence-electron chi connectivity index (χ0n) is 9.71. The minimum atomic E-state index is -0.112. The van der Waals surface area contributed by atoms with Crippen LogP contribution < -0.4 is 5.32 Å². The molecule has 1 aliphatic heterocycles. The molecule has 2 aromatic rings. The van der Waals surface area contributed by atoms with Crippen molar-refractivity contribution in [2.24, 2.45) is 0 Å². The summed E-state index contributed by atoms with van der Waals surface area (Å²) in [6.45, 7) is 1.10. The predicted octanol–water partition coefficient (Wildman–Crippen LogP) is 2.02. The van der Waals surface area contributed by atoms with Crippen LogP contribution in [0.5, 0.6) is 0 Å². The normalized spacial score (nSPS) is 13.2. The average Bonchev–Trinajstić information content (AvgIpc) is 2.84. The first-order chi connectivity index (χ1) is 8.83. The molecular weight excluding hydrogens is 228 g/mol. The molecule has 2 amide bonds. The van der Waals surface area contributed by atoms with Gasteiger partial charge in [-0.05, 0) is 12.1 Å². The third-order valence-electron chi connectivity index (χ3n) is 2.90. The second-order valence-electron chi connectivity index (χ2n) is 4.15. The first-order valence-corrected chi connectivity index (χ1v) is 5.71. The number of anilines is 1. The number of aromatic nitrogens is 2. The van der Waals surface area contributed by atoms with Crippen molar-refractivity contribution < 1.29 is 4.79 Å². The Labute approximate surface area is 104 Å². The van der Waals surface area contributed by atoms with Crippen LogP contribution in [0.2, 0.25) is 0 Å². The Balaban J connectivity index is 1.70. The second-order valence-corrected chi connectivity index (χ2v) is 4.15. The van der Waals surface area contributed by atoms with Gasteiger partial charge in [0.2, 0.25) is 0 Å². The van der Waals surface area contributed by atoms with Gasteiger partial charge in [-0.25, -0.2) is 14.8 Å². The summed E-state index contributed by atoms with van der Waals surface area (Å²) in [5.74, 6) is 0. The second kappa shape index (κ2) is 4.44. The number of rotatable bonds is 1. The number of urea groups is 1. The fourth-order valence-electron chi connectivity index (χ4n) is 1.97. The molecule has 18 heavy (non-hydrogen) atoms. The summed E-state index contributed by atoms with van der Waals surface area (Å²) in [5, 5.41) is 2.86. The number of nitrogens with zero attached hydrogens (tertiary/aromatic N) is 3. The number of amides is 2. The highest BCUT2D eigenvalue weighted by molar-refractivity contribution is 5.89. The van der Waals surface area contributed by atoms with E-state index in [1.54, 1.807) is 11.1 Å². The van der Waals surface area contributed by atoms with E-state index in [-0.39, 0.29) is 6.03 Å². The number of carbonyl (C=O) groups is 1. The van der Waals surface area contributed by atoms with E-state index in [1.165, 1.54) is 6.33 Å². The first kappa shape index (κ1) is 10.7. The fourth-order valence-corrected chi connectivity index (χ4v) is 1.97. The van der Waals surface area contributed by atoms with Crippen LogP contribution in [0.1, 0.15) is 11.3 Å². The van der Waals surface area contributed by atoms with Crippen LogP contribution in [-0.4, -0.2) is 20.9 Å². The largest absolute Gasteiger partial charge is 0.322 e. The van der Waals surface area contributed by atoms with Crippen LogP contribution in [0.4, 0.5) is 10.5 Å². The van der Waals surface area contributed by atoms with E-state index >= 15 is 0 Å². The maximum absolute atomic E-state index is 12.0. The van der Waals surface area contributed by atoms with E-state index in [4.69, 9.17) is 0 Å². The van der Waals surface area contributed by atoms with Gasteiger partial charge < -0.3 is 10.2 Å². The van der Waals surface area contributed by atoms with E-state index in [1.807, 2.05) is 30.3 Å². The van der Waals surface area contributed by atoms with E-state index < -0.39 is 0 Å². The number of nitrogens with one attached hydrogen (secondary N) is 1. The Hall–Kier alpha value is -2.43. The van der Waals surface area contributed by atoms with Crippen LogP contribution in [0.25, 0.3) is 0 Å². The molecule has 0 fully saturated rings. The average molecular weight is 240 g/mol. The van der Waals surface area contributed by atoms with E-state index in [0.29, 0.717) is 13.1 Å². The molecular formula is C13H12N4O. The van der Waals surface area contributed by atoms with Crippen LogP contribution in [-0.2, 0) is 13.1 Å². The molecule has 0 bridgehead atoms. The van der Waals surface area contributed by atoms with E-state index in [9.17, 15) is 4.79 Å². The number of hydrogen-bond acceptors (Lipinski definition) is 3. The molecule has 1 aromatic carbocycles. The van der Waals surface area contributed by atoms with Crippen molar-refractivity contribution in [3.05, 3.63) is 54.1 Å². The van der Waals surface area contributed by atoms with Gasteiger partial charge in [0, 0.05) is 17.4 Å². The Morgan fingerprint density at radius 1 is 1.22 bits per heavy atom. The van der Waals surface area contributed by atoms with Gasteiger partial charge in [0.15, 0.2) is 0 Å². The van der Waals surface area contributed by atoms with Crippen LogP contribution in [0.3, 0.4) is 0 Å². The van der Waals surface area contributed by atoms with Gasteiger partial charge in [-0.2, -0.15) is 0 Å². The molecule has 0 radical (unpaired) electrons. The molecule has 0 aliphatic carbocycles. The Bertz CT molecular complexity index is 545. The topological polar surface area (TPSA) is 58.1 Å². The molecule has 5 nitrogen and oxygen atoms in total. The summed E-state index contributed by atoms with van der Waals surface area (Å²) in [4.78, 5) is 21.9. The van der Waals surface area contributed by atoms with Gasteiger partial charge in [-0.3, -0.25) is 0 Å². The highest BCUT2D eigenvalue weighted by Gasteiger charge is 2.24. The van der Waals surface area contributed by atoms with E-state index in [0.717, 1.165) is 16.9 Å². The van der Waals surface area contributed by atoms with Crippen molar-refractivity contribution in [3.63, 3.8) is 0 Å². The van der Waals surface area contributed by atoms with Gasteiger partial charge in [0.1, 0.15) is 6.33 Å². The van der Waals surface area contributed by atoms with Crippen molar-refractivity contribution in [1.29, 1.82) is 0 Å². The summed E-state index contributed by atoms with van der Waals surface area (Å²) in [7, 11) is 0. The van der Waals surface area contributed by atoms with Crippen LogP contribution in [0, 0.1) is 0 Å². The third kappa shape index (κ3) is 2.02. The standard InChI is InChI=1S/C13H12N4O/c18-13(16-11-4-2-1-3-5-11)17-7-10-6-14-9-15-12(10)8-17/h1-6,9H,7-8H2,(H,16,18). The molecule has 1 N–H and O–H groups in total. The van der Waals surface area contributed by atoms with Gasteiger partial charge in [-0.15, -0.1) is 0 Å². The molecule has 2 heterocycles. The van der Waals surface area contributed by atoms with Gasteiger partial charge in [-0.1, -0.05) is 18.2 Å². The lowest BCUT2D eigenvalue weighted by Gasteiger charge is -2.15. The van der Waals surface area contributed by atoms with Gasteiger partial charge >= 0.3 is 6.03 Å². The molecule has 1 aromatic heterocycles. The van der Waals surface area contributed by atoms with Crippen molar-refractivity contribution in [3.8, 4) is 0 Å². The van der Waals surface area contributed by atoms with Gasteiger partial charge in [0.25, 0.3) is 0 Å². The summed E-state index contributed by atoms with van der Waals surface area (Å²) in [5.41, 5.74) is 2.73. The first-order valence-electron chi connectivity index (χ1n) is 5.71. The lowest BCUT2D eigenvalue weighted by Crippen LogP contribution is -2.30. The Morgan fingerprint density at radius 3 is 2.83 bits per heavy atom. The number of fused-ring (bicyclic) bond motifs is 1. The summed E-state index contributed by atoms with van der Waals surface area (Å²) in [6.07, 6.45) is 3.27. The number of hydrogen-bond donors (Lipinski definition) is 1. The van der Waals surface area contributed by atoms with Crippen molar-refractivity contribution >= 4 is 11.7 Å². The highest BCUT2D eigenvalue weighted by Crippen LogP contribution is 2.20.